The summed E-state index contributed by atoms with van der Waals surface area (Å²) in [5.41, 5.74) is 2.09. The lowest BCUT2D eigenvalue weighted by Gasteiger charge is -2.25. The minimum absolute atomic E-state index is 0.00310. The molecule has 0 atom stereocenters. The third kappa shape index (κ3) is 5.46. The van der Waals surface area contributed by atoms with E-state index < -0.39 is 10.0 Å². The quantitative estimate of drug-likeness (QED) is 0.544. The van der Waals surface area contributed by atoms with Crippen LogP contribution in [0.25, 0.3) is 0 Å². The molecule has 1 N–H and O–H groups in total. The molecule has 0 aliphatic carbocycles. The van der Waals surface area contributed by atoms with Crippen molar-refractivity contribution in [1.29, 1.82) is 0 Å². The lowest BCUT2D eigenvalue weighted by Crippen LogP contribution is -2.35. The van der Waals surface area contributed by atoms with E-state index in [2.05, 4.69) is 5.32 Å². The molecule has 3 aromatic rings. The summed E-state index contributed by atoms with van der Waals surface area (Å²) >= 11 is 0. The van der Waals surface area contributed by atoms with E-state index in [1.807, 2.05) is 13.0 Å². The fourth-order valence-electron chi connectivity index (χ4n) is 3.23. The second-order valence-corrected chi connectivity index (χ2v) is 8.98. The number of nitrogens with zero attached hydrogens (tertiary/aromatic N) is 1. The summed E-state index contributed by atoms with van der Waals surface area (Å²) in [5.74, 6) is 0.970. The third-order valence-corrected chi connectivity index (χ3v) is 6.83. The molecule has 1 amide bonds. The monoisotopic (exact) mass is 442 g/mol. The van der Waals surface area contributed by atoms with Crippen LogP contribution in [0.15, 0.2) is 70.2 Å². The van der Waals surface area contributed by atoms with Gasteiger partial charge in [-0.25, -0.2) is 8.42 Å². The number of carbonyl (C=O) groups is 1. The predicted molar refractivity (Wildman–Crippen MR) is 119 cm³/mol. The van der Waals surface area contributed by atoms with Crippen LogP contribution in [0.4, 0.5) is 5.69 Å². The molecule has 0 aliphatic rings. The van der Waals surface area contributed by atoms with Crippen molar-refractivity contribution < 1.29 is 22.4 Å². The number of aryl methyl sites for hydroxylation is 2. The summed E-state index contributed by atoms with van der Waals surface area (Å²) in [6, 6.07) is 15.4. The highest BCUT2D eigenvalue weighted by Crippen LogP contribution is 2.28. The number of rotatable bonds is 9. The number of hydrogen-bond donors (Lipinski definition) is 1. The van der Waals surface area contributed by atoms with Gasteiger partial charge in [0.1, 0.15) is 11.5 Å². The number of amides is 1. The van der Waals surface area contributed by atoms with E-state index in [1.54, 1.807) is 62.6 Å². The first-order chi connectivity index (χ1) is 14.8. The smallest absolute Gasteiger partial charge is 0.264 e. The first-order valence-corrected chi connectivity index (χ1v) is 11.3. The minimum Gasteiger partial charge on any atom is -0.497 e. The van der Waals surface area contributed by atoms with Crippen molar-refractivity contribution in [3.63, 3.8) is 0 Å². The van der Waals surface area contributed by atoms with Crippen molar-refractivity contribution >= 4 is 21.6 Å². The van der Waals surface area contributed by atoms with Crippen LogP contribution in [-0.2, 0) is 21.4 Å². The molecule has 31 heavy (non-hydrogen) atoms. The molecule has 0 aliphatic heterocycles. The standard InChI is InChI=1S/C23H26N2O5S/c1-17-6-11-22(18(2)15-17)31(27,28)25(19-7-9-20(29-3)10-8-19)13-12-23(26)24-16-21-5-4-14-30-21/h4-11,14-15H,12-13,16H2,1-3H3,(H,24,26). The van der Waals surface area contributed by atoms with Gasteiger partial charge in [-0.3, -0.25) is 9.10 Å². The number of sulfonamides is 1. The van der Waals surface area contributed by atoms with Crippen LogP contribution in [0.2, 0.25) is 0 Å². The Kier molecular flexibility index (Phi) is 7.02. The predicted octanol–water partition coefficient (Wildman–Crippen LogP) is 3.81. The molecule has 0 unspecified atom stereocenters. The Balaban J connectivity index is 1.84. The summed E-state index contributed by atoms with van der Waals surface area (Å²) in [6.45, 7) is 3.92. The first-order valence-electron chi connectivity index (χ1n) is 9.84. The van der Waals surface area contributed by atoms with Crippen LogP contribution in [0.5, 0.6) is 5.75 Å². The van der Waals surface area contributed by atoms with Gasteiger partial charge in [0.05, 0.1) is 30.5 Å². The van der Waals surface area contributed by atoms with Gasteiger partial charge in [-0.2, -0.15) is 0 Å². The molecule has 0 bridgehead atoms. The molecular weight excluding hydrogens is 416 g/mol. The van der Waals surface area contributed by atoms with E-state index in [-0.39, 0.29) is 30.3 Å². The maximum absolute atomic E-state index is 13.5. The molecule has 2 aromatic carbocycles. The Hall–Kier alpha value is -3.26. The fourth-order valence-corrected chi connectivity index (χ4v) is 4.91. The largest absolute Gasteiger partial charge is 0.497 e. The van der Waals surface area contributed by atoms with Crippen molar-refractivity contribution in [2.75, 3.05) is 18.0 Å². The highest BCUT2D eigenvalue weighted by molar-refractivity contribution is 7.92. The summed E-state index contributed by atoms with van der Waals surface area (Å²) < 4.78 is 38.7. The van der Waals surface area contributed by atoms with Gasteiger partial charge in [0.25, 0.3) is 10.0 Å². The van der Waals surface area contributed by atoms with Crippen LogP contribution in [0.3, 0.4) is 0 Å². The normalized spacial score (nSPS) is 11.2. The van der Waals surface area contributed by atoms with E-state index in [1.165, 1.54) is 10.6 Å². The Bertz CT molecular complexity index is 1120. The van der Waals surface area contributed by atoms with E-state index in [0.29, 0.717) is 22.8 Å². The van der Waals surface area contributed by atoms with Crippen LogP contribution in [0.1, 0.15) is 23.3 Å². The maximum atomic E-state index is 13.5. The first kappa shape index (κ1) is 22.4. The van der Waals surface area contributed by atoms with Gasteiger partial charge >= 0.3 is 0 Å². The van der Waals surface area contributed by atoms with Crippen LogP contribution in [0, 0.1) is 13.8 Å². The molecule has 1 heterocycles. The molecule has 0 radical (unpaired) electrons. The maximum Gasteiger partial charge on any atom is 0.264 e. The van der Waals surface area contributed by atoms with Crippen molar-refractivity contribution in [3.05, 3.63) is 77.7 Å². The second kappa shape index (κ2) is 9.70. The molecular formula is C23H26N2O5S. The number of hydrogen-bond acceptors (Lipinski definition) is 5. The fraction of sp³-hybridized carbons (Fsp3) is 0.261. The van der Waals surface area contributed by atoms with Gasteiger partial charge in [0.2, 0.25) is 5.91 Å². The van der Waals surface area contributed by atoms with Crippen LogP contribution >= 0.6 is 0 Å². The van der Waals surface area contributed by atoms with E-state index in [0.717, 1.165) is 5.56 Å². The van der Waals surface area contributed by atoms with Gasteiger partial charge in [-0.15, -0.1) is 0 Å². The van der Waals surface area contributed by atoms with Gasteiger partial charge in [0.15, 0.2) is 0 Å². The Morgan fingerprint density at radius 3 is 2.45 bits per heavy atom. The summed E-state index contributed by atoms with van der Waals surface area (Å²) in [5, 5.41) is 2.75. The average Bonchev–Trinajstić information content (AvgIpc) is 3.26. The Labute approximate surface area is 182 Å². The van der Waals surface area contributed by atoms with Crippen molar-refractivity contribution in [2.24, 2.45) is 0 Å². The van der Waals surface area contributed by atoms with Gasteiger partial charge in [-0.05, 0) is 61.9 Å². The summed E-state index contributed by atoms with van der Waals surface area (Å²) in [7, 11) is -2.34. The highest BCUT2D eigenvalue weighted by atomic mass is 32.2. The third-order valence-electron chi connectivity index (χ3n) is 4.84. The van der Waals surface area contributed by atoms with Crippen molar-refractivity contribution in [2.45, 2.75) is 31.7 Å². The number of methoxy groups -OCH3 is 1. The molecule has 1 aromatic heterocycles. The highest BCUT2D eigenvalue weighted by Gasteiger charge is 2.27. The van der Waals surface area contributed by atoms with Crippen LogP contribution < -0.4 is 14.4 Å². The molecule has 0 fully saturated rings. The molecule has 8 heteroatoms. The number of carbonyl (C=O) groups excluding carboxylic acids is 1. The van der Waals surface area contributed by atoms with E-state index >= 15 is 0 Å². The zero-order valence-corrected chi connectivity index (χ0v) is 18.6. The molecule has 0 saturated heterocycles. The number of ether oxygens (including phenoxy) is 1. The lowest BCUT2D eigenvalue weighted by molar-refractivity contribution is -0.121. The topological polar surface area (TPSA) is 88.8 Å². The molecule has 0 saturated carbocycles. The van der Waals surface area contributed by atoms with Gasteiger partial charge < -0.3 is 14.5 Å². The van der Waals surface area contributed by atoms with Crippen molar-refractivity contribution in [1.82, 2.24) is 5.32 Å². The van der Waals surface area contributed by atoms with Gasteiger partial charge in [-0.1, -0.05) is 17.7 Å². The van der Waals surface area contributed by atoms with E-state index in [4.69, 9.17) is 9.15 Å². The number of benzene rings is 2. The number of anilines is 1. The molecule has 3 rings (SSSR count). The Morgan fingerprint density at radius 2 is 1.84 bits per heavy atom. The zero-order valence-electron chi connectivity index (χ0n) is 17.8. The SMILES string of the molecule is COc1ccc(N(CCC(=O)NCc2ccco2)S(=O)(=O)c2ccc(C)cc2C)cc1. The number of nitrogens with one attached hydrogen (secondary N) is 1. The molecule has 7 nitrogen and oxygen atoms in total. The molecule has 0 spiro atoms. The summed E-state index contributed by atoms with van der Waals surface area (Å²) in [6.07, 6.45) is 1.53. The molecule has 164 valence electrons. The summed E-state index contributed by atoms with van der Waals surface area (Å²) in [4.78, 5) is 12.6. The van der Waals surface area contributed by atoms with Crippen molar-refractivity contribution in [3.8, 4) is 5.75 Å². The second-order valence-electron chi connectivity index (χ2n) is 7.15. The van der Waals surface area contributed by atoms with Gasteiger partial charge in [0, 0.05) is 13.0 Å². The van der Waals surface area contributed by atoms with E-state index in [9.17, 15) is 13.2 Å². The van der Waals surface area contributed by atoms with Crippen LogP contribution in [-0.4, -0.2) is 28.0 Å². The zero-order chi connectivity index (χ0) is 22.4. The minimum atomic E-state index is -3.88. The number of furan rings is 1. The average molecular weight is 443 g/mol. The Morgan fingerprint density at radius 1 is 1.10 bits per heavy atom. The lowest BCUT2D eigenvalue weighted by atomic mass is 10.2.